The summed E-state index contributed by atoms with van der Waals surface area (Å²) in [7, 11) is 3.53. The third-order valence-corrected chi connectivity index (χ3v) is 3.58. The maximum atomic E-state index is 5.93. The zero-order valence-corrected chi connectivity index (χ0v) is 12.5. The second-order valence-electron chi connectivity index (χ2n) is 4.93. The number of likely N-dealkylation sites (N-methyl/N-ethyl adjacent to an activating group) is 1. The molecule has 1 saturated heterocycles. The lowest BCUT2D eigenvalue weighted by atomic mass is 10.1. The molecular weight excluding hydrogens is 256 g/mol. The van der Waals surface area contributed by atoms with E-state index >= 15 is 0 Å². The van der Waals surface area contributed by atoms with Gasteiger partial charge in [-0.15, -0.1) is 0 Å². The van der Waals surface area contributed by atoms with Crippen molar-refractivity contribution in [3.63, 3.8) is 0 Å². The summed E-state index contributed by atoms with van der Waals surface area (Å²) in [5.41, 5.74) is 0.806. The lowest BCUT2D eigenvalue weighted by Gasteiger charge is -2.36. The SMILES string of the molecule is CCCN1CCOC(C(NC)c2nccnc2OC)C1. The highest BCUT2D eigenvalue weighted by molar-refractivity contribution is 5.22. The molecule has 2 atom stereocenters. The molecule has 1 aliphatic rings. The highest BCUT2D eigenvalue weighted by Gasteiger charge is 2.31. The summed E-state index contributed by atoms with van der Waals surface area (Å²) in [5, 5.41) is 3.29. The van der Waals surface area contributed by atoms with Gasteiger partial charge in [0.1, 0.15) is 5.69 Å². The van der Waals surface area contributed by atoms with Crippen LogP contribution in [0.15, 0.2) is 12.4 Å². The van der Waals surface area contributed by atoms with Gasteiger partial charge in [-0.2, -0.15) is 0 Å². The van der Waals surface area contributed by atoms with E-state index in [1.165, 1.54) is 0 Å². The molecule has 2 heterocycles. The first-order chi connectivity index (χ1) is 9.80. The summed E-state index contributed by atoms with van der Waals surface area (Å²) in [6.07, 6.45) is 4.55. The zero-order valence-electron chi connectivity index (χ0n) is 12.5. The number of aromatic nitrogens is 2. The van der Waals surface area contributed by atoms with Gasteiger partial charge in [-0.3, -0.25) is 9.88 Å². The lowest BCUT2D eigenvalue weighted by Crippen LogP contribution is -2.48. The summed E-state index contributed by atoms with van der Waals surface area (Å²) >= 11 is 0. The Morgan fingerprint density at radius 3 is 3.00 bits per heavy atom. The molecule has 1 aliphatic heterocycles. The average molecular weight is 280 g/mol. The minimum absolute atomic E-state index is 0.0155. The Bertz CT molecular complexity index is 414. The third kappa shape index (κ3) is 3.45. The van der Waals surface area contributed by atoms with Crippen molar-refractivity contribution in [2.45, 2.75) is 25.5 Å². The predicted octanol–water partition coefficient (Wildman–Crippen LogP) is 0.857. The average Bonchev–Trinajstić information content (AvgIpc) is 2.49. The molecule has 1 aromatic heterocycles. The number of methoxy groups -OCH3 is 1. The molecule has 0 bridgehead atoms. The standard InChI is InChI=1S/C14H24N4O2/c1-4-7-18-8-9-20-11(10-18)12(15-2)13-14(19-3)17-6-5-16-13/h5-6,11-12,15H,4,7-10H2,1-3H3. The van der Waals surface area contributed by atoms with Crippen LogP contribution < -0.4 is 10.1 Å². The normalized spacial score (nSPS) is 21.6. The minimum Gasteiger partial charge on any atom is -0.480 e. The Morgan fingerprint density at radius 1 is 1.50 bits per heavy atom. The van der Waals surface area contributed by atoms with Gasteiger partial charge in [0.25, 0.3) is 0 Å². The number of nitrogens with one attached hydrogen (secondary N) is 1. The van der Waals surface area contributed by atoms with Crippen LogP contribution in [0.5, 0.6) is 5.88 Å². The Labute approximate surface area is 120 Å². The second-order valence-corrected chi connectivity index (χ2v) is 4.93. The van der Waals surface area contributed by atoms with Gasteiger partial charge in [0.2, 0.25) is 5.88 Å². The molecule has 2 unspecified atom stereocenters. The summed E-state index contributed by atoms with van der Waals surface area (Å²) in [4.78, 5) is 11.1. The van der Waals surface area contributed by atoms with E-state index in [1.54, 1.807) is 19.5 Å². The van der Waals surface area contributed by atoms with Crippen LogP contribution in [0.1, 0.15) is 25.1 Å². The fraction of sp³-hybridized carbons (Fsp3) is 0.714. The lowest BCUT2D eigenvalue weighted by molar-refractivity contribution is -0.0469. The van der Waals surface area contributed by atoms with E-state index in [9.17, 15) is 0 Å². The van der Waals surface area contributed by atoms with Crippen LogP contribution in [-0.4, -0.2) is 61.4 Å². The van der Waals surface area contributed by atoms with Gasteiger partial charge in [0.05, 0.1) is 25.9 Å². The van der Waals surface area contributed by atoms with Crippen LogP contribution in [0.3, 0.4) is 0 Å². The van der Waals surface area contributed by atoms with Crippen LogP contribution in [-0.2, 0) is 4.74 Å². The monoisotopic (exact) mass is 280 g/mol. The molecule has 112 valence electrons. The molecule has 20 heavy (non-hydrogen) atoms. The molecule has 0 amide bonds. The number of ether oxygens (including phenoxy) is 2. The number of rotatable bonds is 6. The predicted molar refractivity (Wildman–Crippen MR) is 76.9 cm³/mol. The number of morpholine rings is 1. The summed E-state index contributed by atoms with van der Waals surface area (Å²) < 4.78 is 11.2. The molecule has 1 aromatic rings. The molecule has 0 saturated carbocycles. The van der Waals surface area contributed by atoms with E-state index in [-0.39, 0.29) is 12.1 Å². The largest absolute Gasteiger partial charge is 0.480 e. The van der Waals surface area contributed by atoms with E-state index < -0.39 is 0 Å². The van der Waals surface area contributed by atoms with Crippen molar-refractivity contribution in [1.82, 2.24) is 20.2 Å². The first-order valence-corrected chi connectivity index (χ1v) is 7.16. The van der Waals surface area contributed by atoms with Gasteiger partial charge in [-0.25, -0.2) is 4.98 Å². The molecule has 1 N–H and O–H groups in total. The second kappa shape index (κ2) is 7.52. The first kappa shape index (κ1) is 15.2. The van der Waals surface area contributed by atoms with Crippen molar-refractivity contribution in [3.8, 4) is 5.88 Å². The summed E-state index contributed by atoms with van der Waals surface area (Å²) in [6.45, 7) is 5.96. The van der Waals surface area contributed by atoms with Crippen molar-refractivity contribution in [2.24, 2.45) is 0 Å². The molecule has 0 radical (unpaired) electrons. The van der Waals surface area contributed by atoms with Crippen molar-refractivity contribution in [3.05, 3.63) is 18.1 Å². The molecule has 2 rings (SSSR count). The van der Waals surface area contributed by atoms with Gasteiger partial charge < -0.3 is 14.8 Å². The summed E-state index contributed by atoms with van der Waals surface area (Å²) in [6, 6.07) is -0.0155. The van der Waals surface area contributed by atoms with Crippen molar-refractivity contribution >= 4 is 0 Å². The quantitative estimate of drug-likeness (QED) is 0.834. The van der Waals surface area contributed by atoms with Gasteiger partial charge in [0, 0.05) is 25.5 Å². The first-order valence-electron chi connectivity index (χ1n) is 7.16. The van der Waals surface area contributed by atoms with Crippen LogP contribution in [0.4, 0.5) is 0 Å². The summed E-state index contributed by atoms with van der Waals surface area (Å²) in [5.74, 6) is 0.558. The molecule has 0 aromatic carbocycles. The van der Waals surface area contributed by atoms with E-state index in [1.807, 2.05) is 7.05 Å². The van der Waals surface area contributed by atoms with E-state index in [0.29, 0.717) is 5.88 Å². The number of hydrogen-bond donors (Lipinski definition) is 1. The number of nitrogens with zero attached hydrogens (tertiary/aromatic N) is 3. The maximum absolute atomic E-state index is 5.93. The smallest absolute Gasteiger partial charge is 0.237 e. The van der Waals surface area contributed by atoms with Crippen molar-refractivity contribution in [2.75, 3.05) is 40.4 Å². The van der Waals surface area contributed by atoms with Gasteiger partial charge >= 0.3 is 0 Å². The van der Waals surface area contributed by atoms with Crippen molar-refractivity contribution in [1.29, 1.82) is 0 Å². The molecule has 0 spiro atoms. The van der Waals surface area contributed by atoms with E-state index in [0.717, 1.165) is 38.4 Å². The fourth-order valence-corrected chi connectivity index (χ4v) is 2.66. The van der Waals surface area contributed by atoms with Gasteiger partial charge in [0.15, 0.2) is 0 Å². The van der Waals surface area contributed by atoms with E-state index in [2.05, 4.69) is 27.1 Å². The molecular formula is C14H24N4O2. The van der Waals surface area contributed by atoms with Crippen LogP contribution in [0, 0.1) is 0 Å². The molecule has 0 aliphatic carbocycles. The Balaban J connectivity index is 2.14. The van der Waals surface area contributed by atoms with Crippen LogP contribution in [0.2, 0.25) is 0 Å². The fourth-order valence-electron chi connectivity index (χ4n) is 2.66. The Kier molecular flexibility index (Phi) is 5.70. The minimum atomic E-state index is -0.0155. The maximum Gasteiger partial charge on any atom is 0.237 e. The Hall–Kier alpha value is -1.24. The van der Waals surface area contributed by atoms with Crippen LogP contribution in [0.25, 0.3) is 0 Å². The molecule has 1 fully saturated rings. The van der Waals surface area contributed by atoms with E-state index in [4.69, 9.17) is 9.47 Å². The topological polar surface area (TPSA) is 59.5 Å². The Morgan fingerprint density at radius 2 is 2.30 bits per heavy atom. The molecule has 6 nitrogen and oxygen atoms in total. The highest BCUT2D eigenvalue weighted by Crippen LogP contribution is 2.26. The third-order valence-electron chi connectivity index (χ3n) is 3.58. The van der Waals surface area contributed by atoms with Gasteiger partial charge in [-0.05, 0) is 20.0 Å². The van der Waals surface area contributed by atoms with Gasteiger partial charge in [-0.1, -0.05) is 6.92 Å². The highest BCUT2D eigenvalue weighted by atomic mass is 16.5. The van der Waals surface area contributed by atoms with Crippen molar-refractivity contribution < 1.29 is 9.47 Å². The van der Waals surface area contributed by atoms with Crippen LogP contribution >= 0.6 is 0 Å². The number of hydrogen-bond acceptors (Lipinski definition) is 6. The molecule has 6 heteroatoms. The zero-order chi connectivity index (χ0) is 14.4.